The number of fused-ring (bicyclic) bond motifs is 1. The van der Waals surface area contributed by atoms with E-state index in [0.29, 0.717) is 30.3 Å². The van der Waals surface area contributed by atoms with Gasteiger partial charge in [-0.2, -0.15) is 0 Å². The quantitative estimate of drug-likeness (QED) is 0.841. The maximum Gasteiger partial charge on any atom is 0.182 e. The zero-order valence-corrected chi connectivity index (χ0v) is 10.0. The average molecular weight is 258 g/mol. The standard InChI is InChI=1S/C12H13ClFNO2/c13-9-10(14)7(12(15)2-1-3-12)6-8-11(9)17-5-4-16-8/h6H,1-5,15H2. The monoisotopic (exact) mass is 257 g/mol. The molecule has 1 saturated carbocycles. The first kappa shape index (κ1) is 11.1. The predicted molar refractivity (Wildman–Crippen MR) is 62.1 cm³/mol. The molecule has 1 heterocycles. The molecule has 0 saturated heterocycles. The Kier molecular flexibility index (Phi) is 2.45. The molecule has 3 rings (SSSR count). The van der Waals surface area contributed by atoms with Gasteiger partial charge in [-0.15, -0.1) is 0 Å². The molecule has 1 fully saturated rings. The molecule has 0 spiro atoms. The molecule has 1 aliphatic heterocycles. The molecule has 0 aromatic heterocycles. The van der Waals surface area contributed by atoms with Crippen molar-refractivity contribution in [2.24, 2.45) is 5.73 Å². The van der Waals surface area contributed by atoms with E-state index in [-0.39, 0.29) is 5.02 Å². The fourth-order valence-electron chi connectivity index (χ4n) is 2.31. The lowest BCUT2D eigenvalue weighted by atomic mass is 9.72. The van der Waals surface area contributed by atoms with E-state index in [2.05, 4.69) is 0 Å². The van der Waals surface area contributed by atoms with Crippen LogP contribution in [0.3, 0.4) is 0 Å². The first-order valence-corrected chi connectivity index (χ1v) is 6.06. The Morgan fingerprint density at radius 1 is 1.29 bits per heavy atom. The van der Waals surface area contributed by atoms with Crippen LogP contribution in [0.5, 0.6) is 11.5 Å². The van der Waals surface area contributed by atoms with E-state index in [1.54, 1.807) is 6.07 Å². The van der Waals surface area contributed by atoms with Gasteiger partial charge < -0.3 is 15.2 Å². The van der Waals surface area contributed by atoms with Crippen molar-refractivity contribution < 1.29 is 13.9 Å². The van der Waals surface area contributed by atoms with Crippen molar-refractivity contribution in [1.82, 2.24) is 0 Å². The summed E-state index contributed by atoms with van der Waals surface area (Å²) in [6.07, 6.45) is 2.57. The number of halogens is 2. The van der Waals surface area contributed by atoms with Gasteiger partial charge in [0.1, 0.15) is 18.2 Å². The lowest BCUT2D eigenvalue weighted by Crippen LogP contribution is -2.44. The van der Waals surface area contributed by atoms with E-state index >= 15 is 0 Å². The third-order valence-corrected chi connectivity index (χ3v) is 3.83. The minimum absolute atomic E-state index is 0.0195. The molecule has 3 nitrogen and oxygen atoms in total. The van der Waals surface area contributed by atoms with E-state index in [1.807, 2.05) is 0 Å². The molecule has 0 unspecified atom stereocenters. The van der Waals surface area contributed by atoms with Gasteiger partial charge >= 0.3 is 0 Å². The van der Waals surface area contributed by atoms with Crippen LogP contribution in [0, 0.1) is 5.82 Å². The normalized spacial score (nSPS) is 20.9. The van der Waals surface area contributed by atoms with Crippen molar-refractivity contribution in [3.05, 3.63) is 22.5 Å². The number of nitrogens with two attached hydrogens (primary N) is 1. The molecule has 0 radical (unpaired) electrons. The zero-order chi connectivity index (χ0) is 12.0. The van der Waals surface area contributed by atoms with Crippen LogP contribution in [-0.4, -0.2) is 13.2 Å². The van der Waals surface area contributed by atoms with E-state index in [4.69, 9.17) is 26.8 Å². The van der Waals surface area contributed by atoms with Crippen LogP contribution in [0.2, 0.25) is 5.02 Å². The van der Waals surface area contributed by atoms with Crippen molar-refractivity contribution in [2.75, 3.05) is 13.2 Å². The average Bonchev–Trinajstić information content (AvgIpc) is 2.31. The largest absolute Gasteiger partial charge is 0.486 e. The Morgan fingerprint density at radius 2 is 2.00 bits per heavy atom. The fourth-order valence-corrected chi connectivity index (χ4v) is 2.56. The van der Waals surface area contributed by atoms with Gasteiger partial charge in [0.2, 0.25) is 0 Å². The molecule has 92 valence electrons. The maximum absolute atomic E-state index is 14.2. The molecule has 1 aromatic rings. The van der Waals surface area contributed by atoms with Gasteiger partial charge in [0, 0.05) is 11.1 Å². The number of benzene rings is 1. The minimum atomic E-state index is -0.594. The third kappa shape index (κ3) is 1.58. The Bertz CT molecular complexity index is 474. The second kappa shape index (κ2) is 3.75. The van der Waals surface area contributed by atoms with Crippen LogP contribution >= 0.6 is 11.6 Å². The van der Waals surface area contributed by atoms with Crippen molar-refractivity contribution >= 4 is 11.6 Å². The highest BCUT2D eigenvalue weighted by molar-refractivity contribution is 6.32. The molecular formula is C12H13ClFNO2. The maximum atomic E-state index is 14.2. The first-order chi connectivity index (χ1) is 8.12. The highest BCUT2D eigenvalue weighted by Crippen LogP contribution is 2.47. The van der Waals surface area contributed by atoms with Crippen LogP contribution in [0.1, 0.15) is 24.8 Å². The fraction of sp³-hybridized carbons (Fsp3) is 0.500. The van der Waals surface area contributed by atoms with Gasteiger partial charge in [0.25, 0.3) is 0 Å². The topological polar surface area (TPSA) is 44.5 Å². The predicted octanol–water partition coefficient (Wildman–Crippen LogP) is 2.59. The Morgan fingerprint density at radius 3 is 2.65 bits per heavy atom. The summed E-state index contributed by atoms with van der Waals surface area (Å²) in [5, 5.41) is -0.0195. The Balaban J connectivity index is 2.13. The lowest BCUT2D eigenvalue weighted by Gasteiger charge is -2.39. The second-order valence-corrected chi connectivity index (χ2v) is 4.96. The van der Waals surface area contributed by atoms with Crippen LogP contribution in [-0.2, 0) is 5.54 Å². The minimum Gasteiger partial charge on any atom is -0.486 e. The molecule has 0 amide bonds. The molecule has 1 aliphatic carbocycles. The number of hydrogen-bond acceptors (Lipinski definition) is 3. The molecule has 0 bridgehead atoms. The molecule has 1 aromatic carbocycles. The van der Waals surface area contributed by atoms with E-state index in [1.165, 1.54) is 0 Å². The second-order valence-electron chi connectivity index (χ2n) is 4.59. The number of rotatable bonds is 1. The molecule has 2 aliphatic rings. The summed E-state index contributed by atoms with van der Waals surface area (Å²) >= 11 is 5.97. The Hall–Kier alpha value is -1.00. The van der Waals surface area contributed by atoms with Gasteiger partial charge in [-0.25, -0.2) is 4.39 Å². The van der Waals surface area contributed by atoms with Crippen LogP contribution in [0.4, 0.5) is 4.39 Å². The van der Waals surface area contributed by atoms with Gasteiger partial charge in [0.05, 0.1) is 0 Å². The van der Waals surface area contributed by atoms with Crippen LogP contribution in [0.15, 0.2) is 6.07 Å². The summed E-state index contributed by atoms with van der Waals surface area (Å²) in [4.78, 5) is 0. The van der Waals surface area contributed by atoms with Crippen LogP contribution < -0.4 is 15.2 Å². The summed E-state index contributed by atoms with van der Waals surface area (Å²) in [5.41, 5.74) is 5.98. The zero-order valence-electron chi connectivity index (χ0n) is 9.26. The molecule has 2 N–H and O–H groups in total. The van der Waals surface area contributed by atoms with E-state index in [9.17, 15) is 4.39 Å². The number of hydrogen-bond donors (Lipinski definition) is 1. The van der Waals surface area contributed by atoms with Crippen molar-refractivity contribution in [2.45, 2.75) is 24.8 Å². The third-order valence-electron chi connectivity index (χ3n) is 3.50. The van der Waals surface area contributed by atoms with Gasteiger partial charge in [0.15, 0.2) is 17.3 Å². The van der Waals surface area contributed by atoms with E-state index < -0.39 is 11.4 Å². The summed E-state index contributed by atoms with van der Waals surface area (Å²) in [5.74, 6) is 0.314. The molecular weight excluding hydrogens is 245 g/mol. The molecule has 17 heavy (non-hydrogen) atoms. The summed E-state index contributed by atoms with van der Waals surface area (Å²) in [7, 11) is 0. The van der Waals surface area contributed by atoms with Crippen molar-refractivity contribution in [1.29, 1.82) is 0 Å². The first-order valence-electron chi connectivity index (χ1n) is 5.69. The van der Waals surface area contributed by atoms with Crippen molar-refractivity contribution in [3.63, 3.8) is 0 Å². The summed E-state index contributed by atoms with van der Waals surface area (Å²) in [6.45, 7) is 0.839. The van der Waals surface area contributed by atoms with Gasteiger partial charge in [-0.05, 0) is 25.3 Å². The highest BCUT2D eigenvalue weighted by Gasteiger charge is 2.39. The number of ether oxygens (including phenoxy) is 2. The SMILES string of the molecule is NC1(c2cc3c(c(Cl)c2F)OCCO3)CCC1. The molecule has 0 atom stereocenters. The van der Waals surface area contributed by atoms with Gasteiger partial charge in [-0.1, -0.05) is 11.6 Å². The van der Waals surface area contributed by atoms with Crippen LogP contribution in [0.25, 0.3) is 0 Å². The lowest BCUT2D eigenvalue weighted by molar-refractivity contribution is 0.168. The highest BCUT2D eigenvalue weighted by atomic mass is 35.5. The van der Waals surface area contributed by atoms with Crippen molar-refractivity contribution in [3.8, 4) is 11.5 Å². The summed E-state index contributed by atoms with van der Waals surface area (Å²) < 4.78 is 24.9. The van der Waals surface area contributed by atoms with Gasteiger partial charge in [-0.3, -0.25) is 0 Å². The summed E-state index contributed by atoms with van der Waals surface area (Å²) in [6, 6.07) is 1.63. The molecule has 5 heteroatoms. The smallest absolute Gasteiger partial charge is 0.182 e. The van der Waals surface area contributed by atoms with E-state index in [0.717, 1.165) is 19.3 Å². The Labute approximate surface area is 104 Å².